The summed E-state index contributed by atoms with van der Waals surface area (Å²) < 4.78 is 0.632. The van der Waals surface area contributed by atoms with Crippen molar-refractivity contribution in [3.05, 3.63) is 20.3 Å². The zero-order valence-electron chi connectivity index (χ0n) is 11.5. The highest BCUT2D eigenvalue weighted by Gasteiger charge is 2.32. The molecule has 0 aromatic carbocycles. The first-order valence-corrected chi connectivity index (χ1v) is 7.86. The molecule has 1 aliphatic rings. The normalized spacial score (nSPS) is 17.2. The molecule has 8 heteroatoms. The maximum absolute atomic E-state index is 11.6. The number of anilines is 1. The van der Waals surface area contributed by atoms with Crippen molar-refractivity contribution in [2.24, 2.45) is 5.73 Å². The Morgan fingerprint density at radius 2 is 2.05 bits per heavy atom. The molecule has 1 saturated heterocycles. The first kappa shape index (κ1) is 15.6. The van der Waals surface area contributed by atoms with E-state index in [0.29, 0.717) is 8.56 Å². The lowest BCUT2D eigenvalue weighted by Gasteiger charge is -2.43. The van der Waals surface area contributed by atoms with E-state index in [1.54, 1.807) is 0 Å². The van der Waals surface area contributed by atoms with Crippen LogP contribution in [0.1, 0.15) is 13.8 Å². The van der Waals surface area contributed by atoms with E-state index < -0.39 is 0 Å². The van der Waals surface area contributed by atoms with Crippen LogP contribution in [-0.2, 0) is 0 Å². The molecule has 110 valence electrons. The summed E-state index contributed by atoms with van der Waals surface area (Å²) in [5.74, 6) is 0.752. The van der Waals surface area contributed by atoms with E-state index in [-0.39, 0.29) is 11.1 Å². The number of H-pyrrole nitrogens is 1. The number of piperazine rings is 1. The molecule has 3 N–H and O–H groups in total. The summed E-state index contributed by atoms with van der Waals surface area (Å²) in [6, 6.07) is 0. The van der Waals surface area contributed by atoms with E-state index in [0.717, 1.165) is 32.0 Å². The lowest BCUT2D eigenvalue weighted by atomic mass is 10.0. The van der Waals surface area contributed by atoms with E-state index in [2.05, 4.69) is 19.8 Å². The van der Waals surface area contributed by atoms with Gasteiger partial charge in [0.2, 0.25) is 0 Å². The van der Waals surface area contributed by atoms with E-state index >= 15 is 0 Å². The second kappa shape index (κ2) is 5.94. The Hall–Kier alpha value is -0.740. The fourth-order valence-corrected chi connectivity index (χ4v) is 2.99. The van der Waals surface area contributed by atoms with Crippen LogP contribution in [0.25, 0.3) is 0 Å². The molecule has 20 heavy (non-hydrogen) atoms. The summed E-state index contributed by atoms with van der Waals surface area (Å²) in [5, 5.41) is 0. The molecule has 0 bridgehead atoms. The first-order valence-electron chi connectivity index (χ1n) is 6.37. The topological polar surface area (TPSA) is 78.2 Å². The second-order valence-corrected chi connectivity index (χ2v) is 6.79. The van der Waals surface area contributed by atoms with Gasteiger partial charge >= 0.3 is 0 Å². The van der Waals surface area contributed by atoms with Crippen molar-refractivity contribution >= 4 is 45.6 Å². The molecule has 1 aliphatic heterocycles. The lowest BCUT2D eigenvalue weighted by molar-refractivity contribution is 0.168. The first-order chi connectivity index (χ1) is 9.34. The highest BCUT2D eigenvalue weighted by Crippen LogP contribution is 2.21. The SMILES string of the molecule is CC(C)(C(N)=S)N1CCN(c2nc[nH]c(=O)c2I)CC1. The maximum atomic E-state index is 11.6. The Labute approximate surface area is 136 Å². The van der Waals surface area contributed by atoms with Gasteiger partial charge in [0, 0.05) is 26.2 Å². The molecule has 0 spiro atoms. The second-order valence-electron chi connectivity index (χ2n) is 5.27. The number of rotatable bonds is 3. The van der Waals surface area contributed by atoms with Gasteiger partial charge in [0.25, 0.3) is 5.56 Å². The van der Waals surface area contributed by atoms with Crippen molar-refractivity contribution in [2.75, 3.05) is 31.1 Å². The van der Waals surface area contributed by atoms with E-state index in [1.807, 2.05) is 36.4 Å². The minimum Gasteiger partial charge on any atom is -0.392 e. The molecule has 0 saturated carbocycles. The van der Waals surface area contributed by atoms with E-state index in [1.165, 1.54) is 6.33 Å². The van der Waals surface area contributed by atoms with Crippen molar-refractivity contribution in [1.29, 1.82) is 0 Å². The van der Waals surface area contributed by atoms with Crippen LogP contribution in [0.5, 0.6) is 0 Å². The van der Waals surface area contributed by atoms with Gasteiger partial charge in [-0.2, -0.15) is 0 Å². The van der Waals surface area contributed by atoms with E-state index in [9.17, 15) is 4.79 Å². The summed E-state index contributed by atoms with van der Waals surface area (Å²) >= 11 is 7.17. The Morgan fingerprint density at radius 1 is 1.45 bits per heavy atom. The molecule has 0 unspecified atom stereocenters. The fourth-order valence-electron chi connectivity index (χ4n) is 2.23. The molecule has 0 aliphatic carbocycles. The predicted octanol–water partition coefficient (Wildman–Crippen LogP) is 0.561. The van der Waals surface area contributed by atoms with Crippen LogP contribution in [0, 0.1) is 3.57 Å². The smallest absolute Gasteiger partial charge is 0.266 e. The average molecular weight is 407 g/mol. The van der Waals surface area contributed by atoms with Gasteiger partial charge in [-0.3, -0.25) is 9.69 Å². The number of thiocarbonyl (C=S) groups is 1. The molecule has 1 fully saturated rings. The van der Waals surface area contributed by atoms with Gasteiger partial charge in [0.05, 0.1) is 16.9 Å². The van der Waals surface area contributed by atoms with Gasteiger partial charge in [-0.05, 0) is 36.4 Å². The number of aromatic nitrogens is 2. The quantitative estimate of drug-likeness (QED) is 0.564. The van der Waals surface area contributed by atoms with Crippen molar-refractivity contribution in [1.82, 2.24) is 14.9 Å². The number of nitrogens with two attached hydrogens (primary N) is 1. The number of aromatic amines is 1. The molecule has 1 aromatic heterocycles. The highest BCUT2D eigenvalue weighted by molar-refractivity contribution is 14.1. The zero-order valence-corrected chi connectivity index (χ0v) is 14.5. The van der Waals surface area contributed by atoms with E-state index in [4.69, 9.17) is 18.0 Å². The number of hydrogen-bond donors (Lipinski definition) is 2. The van der Waals surface area contributed by atoms with Gasteiger partial charge < -0.3 is 15.6 Å². The third kappa shape index (κ3) is 2.96. The van der Waals surface area contributed by atoms with Crippen LogP contribution in [-0.4, -0.2) is 51.6 Å². The van der Waals surface area contributed by atoms with Crippen LogP contribution < -0.4 is 16.2 Å². The van der Waals surface area contributed by atoms with Crippen LogP contribution in [0.15, 0.2) is 11.1 Å². The van der Waals surface area contributed by atoms with Crippen molar-refractivity contribution in [3.8, 4) is 0 Å². The van der Waals surface area contributed by atoms with Crippen LogP contribution in [0.3, 0.4) is 0 Å². The maximum Gasteiger partial charge on any atom is 0.266 e. The molecule has 6 nitrogen and oxygen atoms in total. The van der Waals surface area contributed by atoms with Gasteiger partial charge in [-0.1, -0.05) is 12.2 Å². The third-order valence-electron chi connectivity index (χ3n) is 3.75. The Balaban J connectivity index is 2.10. The van der Waals surface area contributed by atoms with Gasteiger partial charge in [0.1, 0.15) is 9.39 Å². The highest BCUT2D eigenvalue weighted by atomic mass is 127. The van der Waals surface area contributed by atoms with Crippen molar-refractivity contribution in [2.45, 2.75) is 19.4 Å². The molecular formula is C12H18IN5OS. The fraction of sp³-hybridized carbons (Fsp3) is 0.583. The Morgan fingerprint density at radius 3 is 2.60 bits per heavy atom. The molecule has 0 amide bonds. The number of nitrogens with zero attached hydrogens (tertiary/aromatic N) is 3. The van der Waals surface area contributed by atoms with Crippen LogP contribution in [0.4, 0.5) is 5.82 Å². The van der Waals surface area contributed by atoms with Crippen LogP contribution >= 0.6 is 34.8 Å². The molecule has 0 atom stereocenters. The number of hydrogen-bond acceptors (Lipinski definition) is 5. The summed E-state index contributed by atoms with van der Waals surface area (Å²) in [6.45, 7) is 7.38. The van der Waals surface area contributed by atoms with Gasteiger partial charge in [0.15, 0.2) is 0 Å². The minimum absolute atomic E-state index is 0.0958. The molecular weight excluding hydrogens is 389 g/mol. The monoisotopic (exact) mass is 407 g/mol. The Kier molecular flexibility index (Phi) is 4.65. The van der Waals surface area contributed by atoms with Crippen molar-refractivity contribution in [3.63, 3.8) is 0 Å². The molecule has 2 rings (SSSR count). The summed E-state index contributed by atoms with van der Waals surface area (Å²) in [4.78, 5) is 23.4. The van der Waals surface area contributed by atoms with Gasteiger partial charge in [-0.15, -0.1) is 0 Å². The average Bonchev–Trinajstić information content (AvgIpc) is 2.42. The third-order valence-corrected chi connectivity index (χ3v) is 5.22. The molecule has 2 heterocycles. The molecule has 0 radical (unpaired) electrons. The van der Waals surface area contributed by atoms with Gasteiger partial charge in [-0.25, -0.2) is 4.98 Å². The molecule has 1 aromatic rings. The predicted molar refractivity (Wildman–Crippen MR) is 92.2 cm³/mol. The lowest BCUT2D eigenvalue weighted by Crippen LogP contribution is -2.59. The standard InChI is InChI=1S/C12H18IN5OS/c1-12(2,11(14)20)18-5-3-17(4-6-18)9-8(13)10(19)16-7-15-9/h7H,3-6H2,1-2H3,(H2,14,20)(H,15,16,19). The largest absolute Gasteiger partial charge is 0.392 e. The number of halogens is 1. The summed E-state index contributed by atoms with van der Waals surface area (Å²) in [7, 11) is 0. The summed E-state index contributed by atoms with van der Waals surface area (Å²) in [6.07, 6.45) is 1.45. The number of nitrogens with one attached hydrogen (secondary N) is 1. The zero-order chi connectivity index (χ0) is 14.9. The minimum atomic E-state index is -0.282. The Bertz CT molecular complexity index is 565. The van der Waals surface area contributed by atoms with Crippen LogP contribution in [0.2, 0.25) is 0 Å². The van der Waals surface area contributed by atoms with Crippen molar-refractivity contribution < 1.29 is 0 Å². The summed E-state index contributed by atoms with van der Waals surface area (Å²) in [5.41, 5.74) is 5.43.